The molecule has 1 aromatic rings. The second-order valence-corrected chi connectivity index (χ2v) is 4.39. The molecule has 0 fully saturated rings. The van der Waals surface area contributed by atoms with Gasteiger partial charge in [-0.15, -0.1) is 0 Å². The van der Waals surface area contributed by atoms with Crippen molar-refractivity contribution in [1.29, 1.82) is 0 Å². The number of aliphatic hydroxyl groups excluding tert-OH is 1. The normalized spacial score (nSPS) is 13.4. The Hall–Kier alpha value is -1.40. The number of nitrogens with one attached hydrogen (secondary N) is 2. The van der Waals surface area contributed by atoms with Gasteiger partial charge in [-0.2, -0.15) is 4.98 Å². The summed E-state index contributed by atoms with van der Waals surface area (Å²) in [5.74, 6) is 6.24. The molecule has 1 atom stereocenters. The topological polar surface area (TPSA) is 96.1 Å². The van der Waals surface area contributed by atoms with Crippen molar-refractivity contribution in [3.05, 3.63) is 11.8 Å². The summed E-state index contributed by atoms with van der Waals surface area (Å²) in [6.07, 6.45) is 1.17. The quantitative estimate of drug-likeness (QED) is 0.443. The fourth-order valence-corrected chi connectivity index (χ4v) is 1.05. The monoisotopic (exact) mass is 225 g/mol. The van der Waals surface area contributed by atoms with E-state index in [-0.39, 0.29) is 0 Å². The number of nitrogens with zero attached hydrogens (tertiary/aromatic N) is 2. The van der Waals surface area contributed by atoms with Gasteiger partial charge in [-0.1, -0.05) is 0 Å². The Morgan fingerprint density at radius 1 is 1.50 bits per heavy atom. The van der Waals surface area contributed by atoms with Crippen molar-refractivity contribution in [3.63, 3.8) is 0 Å². The summed E-state index contributed by atoms with van der Waals surface area (Å²) in [5.41, 5.74) is 2.81. The van der Waals surface area contributed by atoms with E-state index in [9.17, 15) is 5.11 Å². The molecule has 1 rings (SSSR count). The number of hydrogen-bond donors (Lipinski definition) is 4. The van der Waals surface area contributed by atoms with Crippen LogP contribution in [0.1, 0.15) is 26.3 Å². The van der Waals surface area contributed by atoms with Crippen LogP contribution in [0.3, 0.4) is 0 Å². The van der Waals surface area contributed by atoms with Crippen molar-refractivity contribution >= 4 is 11.8 Å². The molecule has 1 heterocycles. The zero-order valence-electron chi connectivity index (χ0n) is 10.1. The van der Waals surface area contributed by atoms with E-state index in [0.717, 1.165) is 5.56 Å². The molecule has 6 nitrogen and oxygen atoms in total. The molecule has 0 saturated carbocycles. The zero-order valence-corrected chi connectivity index (χ0v) is 10.1. The number of rotatable bonds is 4. The average Bonchev–Trinajstić information content (AvgIpc) is 2.21. The molecule has 5 N–H and O–H groups in total. The Balaban J connectivity index is 2.96. The second-order valence-electron chi connectivity index (χ2n) is 4.39. The first-order chi connectivity index (χ1) is 7.36. The van der Waals surface area contributed by atoms with E-state index < -0.39 is 11.6 Å². The van der Waals surface area contributed by atoms with Crippen molar-refractivity contribution in [2.75, 3.05) is 10.7 Å². The number of aromatic nitrogens is 2. The van der Waals surface area contributed by atoms with Crippen LogP contribution in [0.25, 0.3) is 0 Å². The maximum Gasteiger partial charge on any atom is 0.239 e. The van der Waals surface area contributed by atoms with Crippen molar-refractivity contribution in [3.8, 4) is 0 Å². The highest BCUT2D eigenvalue weighted by molar-refractivity contribution is 5.48. The molecule has 0 bridgehead atoms. The molecule has 0 amide bonds. The minimum Gasteiger partial charge on any atom is -0.391 e. The molecule has 90 valence electrons. The molecule has 0 aliphatic rings. The molecule has 0 radical (unpaired) electrons. The van der Waals surface area contributed by atoms with Crippen LogP contribution in [0.15, 0.2) is 6.20 Å². The van der Waals surface area contributed by atoms with Gasteiger partial charge in [0.1, 0.15) is 5.82 Å². The summed E-state index contributed by atoms with van der Waals surface area (Å²) in [6, 6.07) is 0. The number of aryl methyl sites for hydroxylation is 1. The van der Waals surface area contributed by atoms with Crippen LogP contribution in [0.4, 0.5) is 11.8 Å². The molecular formula is C10H19N5O. The average molecular weight is 225 g/mol. The Labute approximate surface area is 95.3 Å². The van der Waals surface area contributed by atoms with Gasteiger partial charge in [-0.3, -0.25) is 5.43 Å². The largest absolute Gasteiger partial charge is 0.391 e. The van der Waals surface area contributed by atoms with Gasteiger partial charge >= 0.3 is 0 Å². The highest BCUT2D eigenvalue weighted by Gasteiger charge is 2.24. The number of hydrogen-bond acceptors (Lipinski definition) is 6. The molecule has 1 unspecified atom stereocenters. The summed E-state index contributed by atoms with van der Waals surface area (Å²) in [4.78, 5) is 8.17. The summed E-state index contributed by atoms with van der Waals surface area (Å²) >= 11 is 0. The predicted molar refractivity (Wildman–Crippen MR) is 64.0 cm³/mol. The van der Waals surface area contributed by atoms with Gasteiger partial charge in [-0.05, 0) is 27.7 Å². The summed E-state index contributed by atoms with van der Waals surface area (Å²) in [5, 5.41) is 12.8. The lowest BCUT2D eigenvalue weighted by atomic mass is 9.98. The van der Waals surface area contributed by atoms with Crippen LogP contribution in [-0.2, 0) is 0 Å². The summed E-state index contributed by atoms with van der Waals surface area (Å²) in [6.45, 7) is 7.41. The maximum atomic E-state index is 9.61. The molecule has 0 aliphatic heterocycles. The first-order valence-corrected chi connectivity index (χ1v) is 5.13. The van der Waals surface area contributed by atoms with Crippen molar-refractivity contribution < 1.29 is 5.11 Å². The Kier molecular flexibility index (Phi) is 3.66. The Morgan fingerprint density at radius 2 is 2.12 bits per heavy atom. The van der Waals surface area contributed by atoms with E-state index in [1.165, 1.54) is 0 Å². The minimum absolute atomic E-state index is 0.342. The number of anilines is 2. The summed E-state index contributed by atoms with van der Waals surface area (Å²) < 4.78 is 0. The van der Waals surface area contributed by atoms with Gasteiger partial charge in [0, 0.05) is 11.8 Å². The van der Waals surface area contributed by atoms with Gasteiger partial charge in [0.15, 0.2) is 0 Å². The van der Waals surface area contributed by atoms with E-state index in [2.05, 4.69) is 20.7 Å². The van der Waals surface area contributed by atoms with Crippen molar-refractivity contribution in [2.45, 2.75) is 39.3 Å². The smallest absolute Gasteiger partial charge is 0.239 e. The molecule has 1 aromatic heterocycles. The lowest BCUT2D eigenvalue weighted by molar-refractivity contribution is 0.133. The first-order valence-electron chi connectivity index (χ1n) is 5.13. The fourth-order valence-electron chi connectivity index (χ4n) is 1.05. The van der Waals surface area contributed by atoms with Crippen LogP contribution in [0.2, 0.25) is 0 Å². The molecule has 0 aromatic carbocycles. The second kappa shape index (κ2) is 4.63. The molecule has 16 heavy (non-hydrogen) atoms. The van der Waals surface area contributed by atoms with Crippen molar-refractivity contribution in [1.82, 2.24) is 9.97 Å². The number of hydrazine groups is 1. The minimum atomic E-state index is -0.504. The van der Waals surface area contributed by atoms with E-state index in [0.29, 0.717) is 11.8 Å². The molecular weight excluding hydrogens is 206 g/mol. The van der Waals surface area contributed by atoms with Crippen LogP contribution in [0.5, 0.6) is 0 Å². The highest BCUT2D eigenvalue weighted by atomic mass is 16.3. The SMILES string of the molecule is Cc1cnc(NN)nc1NC(C)(C)C(C)O. The number of aliphatic hydroxyl groups is 1. The van der Waals surface area contributed by atoms with Crippen LogP contribution >= 0.6 is 0 Å². The van der Waals surface area contributed by atoms with Gasteiger partial charge in [0.05, 0.1) is 11.6 Å². The summed E-state index contributed by atoms with van der Waals surface area (Å²) in [7, 11) is 0. The molecule has 6 heteroatoms. The Morgan fingerprint density at radius 3 is 2.62 bits per heavy atom. The number of nitrogen functional groups attached to an aromatic ring is 1. The number of nitrogens with two attached hydrogens (primary N) is 1. The van der Waals surface area contributed by atoms with Gasteiger partial charge in [0.2, 0.25) is 5.95 Å². The standard InChI is InChI=1S/C10H19N5O/c1-6-5-12-9(15-11)13-8(6)14-10(3,4)7(2)16/h5,7,16H,11H2,1-4H3,(H2,12,13,14,15). The predicted octanol–water partition coefficient (Wildman–Crippen LogP) is 0.642. The fraction of sp³-hybridized carbons (Fsp3) is 0.600. The van der Waals surface area contributed by atoms with Gasteiger partial charge in [0.25, 0.3) is 0 Å². The molecule has 0 aliphatic carbocycles. The van der Waals surface area contributed by atoms with Gasteiger partial charge < -0.3 is 10.4 Å². The van der Waals surface area contributed by atoms with E-state index in [1.807, 2.05) is 20.8 Å². The van der Waals surface area contributed by atoms with E-state index >= 15 is 0 Å². The lowest BCUT2D eigenvalue weighted by Crippen LogP contribution is -2.42. The molecule has 0 spiro atoms. The third-order valence-corrected chi connectivity index (χ3v) is 2.59. The zero-order chi connectivity index (χ0) is 12.3. The Bertz CT molecular complexity index is 364. The van der Waals surface area contributed by atoms with E-state index in [4.69, 9.17) is 5.84 Å². The van der Waals surface area contributed by atoms with Gasteiger partial charge in [-0.25, -0.2) is 10.8 Å². The third-order valence-electron chi connectivity index (χ3n) is 2.59. The first kappa shape index (κ1) is 12.7. The van der Waals surface area contributed by atoms with Crippen LogP contribution in [-0.4, -0.2) is 26.7 Å². The van der Waals surface area contributed by atoms with E-state index in [1.54, 1.807) is 13.1 Å². The lowest BCUT2D eigenvalue weighted by Gasteiger charge is -2.30. The van der Waals surface area contributed by atoms with Crippen LogP contribution < -0.4 is 16.6 Å². The highest BCUT2D eigenvalue weighted by Crippen LogP contribution is 2.20. The maximum absolute atomic E-state index is 9.61. The van der Waals surface area contributed by atoms with Crippen LogP contribution in [0, 0.1) is 6.92 Å². The third kappa shape index (κ3) is 2.80. The van der Waals surface area contributed by atoms with Crippen molar-refractivity contribution in [2.24, 2.45) is 5.84 Å². The molecule has 0 saturated heterocycles.